The molecule has 1 aromatic carbocycles. The number of aryl methyl sites for hydroxylation is 1. The quantitative estimate of drug-likeness (QED) is 0.622. The van der Waals surface area contributed by atoms with Crippen molar-refractivity contribution in [3.8, 4) is 5.75 Å². The van der Waals surface area contributed by atoms with Crippen molar-refractivity contribution in [3.63, 3.8) is 0 Å². The summed E-state index contributed by atoms with van der Waals surface area (Å²) in [6, 6.07) is 6.14. The second-order valence-electron chi connectivity index (χ2n) is 3.79. The molecule has 1 N–H and O–H groups in total. The van der Waals surface area contributed by atoms with Gasteiger partial charge in [-0.15, -0.1) is 12.4 Å². The zero-order valence-corrected chi connectivity index (χ0v) is 11.6. The molecule has 3 heteroatoms. The van der Waals surface area contributed by atoms with Crippen LogP contribution >= 0.6 is 12.4 Å². The summed E-state index contributed by atoms with van der Waals surface area (Å²) >= 11 is 0. The summed E-state index contributed by atoms with van der Waals surface area (Å²) in [5, 5.41) is 3.23. The van der Waals surface area contributed by atoms with E-state index < -0.39 is 0 Å². The maximum atomic E-state index is 5.68. The third-order valence-corrected chi connectivity index (χ3v) is 2.57. The summed E-state index contributed by atoms with van der Waals surface area (Å²) in [5.74, 6) is 0.980. The minimum atomic E-state index is 0. The highest BCUT2D eigenvalue weighted by Gasteiger charge is 1.99. The third kappa shape index (κ3) is 5.76. The van der Waals surface area contributed by atoms with Crippen molar-refractivity contribution in [2.45, 2.75) is 20.8 Å². The summed E-state index contributed by atoms with van der Waals surface area (Å²) in [6.07, 6.45) is 4.14. The normalized spacial score (nSPS) is 10.3. The second-order valence-corrected chi connectivity index (χ2v) is 3.79. The highest BCUT2D eigenvalue weighted by atomic mass is 35.5. The minimum absolute atomic E-state index is 0. The van der Waals surface area contributed by atoms with Crippen LogP contribution in [0, 0.1) is 13.8 Å². The first-order chi connectivity index (χ1) is 7.75. The van der Waals surface area contributed by atoms with Crippen molar-refractivity contribution >= 4 is 12.4 Å². The van der Waals surface area contributed by atoms with E-state index in [-0.39, 0.29) is 12.4 Å². The zero-order valence-electron chi connectivity index (χ0n) is 10.8. The molecule has 0 saturated heterocycles. The van der Waals surface area contributed by atoms with Gasteiger partial charge in [0.1, 0.15) is 12.4 Å². The monoisotopic (exact) mass is 255 g/mol. The molecule has 0 heterocycles. The molecular formula is C14H22ClNO. The first-order valence-corrected chi connectivity index (χ1v) is 5.80. The summed E-state index contributed by atoms with van der Waals surface area (Å²) < 4.78 is 5.68. The van der Waals surface area contributed by atoms with Crippen molar-refractivity contribution in [1.82, 2.24) is 5.32 Å². The average molecular weight is 256 g/mol. The van der Waals surface area contributed by atoms with Crippen LogP contribution in [0.2, 0.25) is 0 Å². The SMILES string of the molecule is CCNCC=CCOc1cccc(C)c1C.Cl. The lowest BCUT2D eigenvalue weighted by atomic mass is 10.1. The number of likely N-dealkylation sites (N-methyl/N-ethyl adjacent to an activating group) is 1. The van der Waals surface area contributed by atoms with Crippen LogP contribution in [0.25, 0.3) is 0 Å². The zero-order chi connectivity index (χ0) is 11.8. The van der Waals surface area contributed by atoms with Crippen LogP contribution in [0.15, 0.2) is 30.4 Å². The fourth-order valence-corrected chi connectivity index (χ4v) is 1.40. The molecule has 0 aliphatic carbocycles. The Morgan fingerprint density at radius 1 is 1.24 bits per heavy atom. The number of rotatable bonds is 6. The van der Waals surface area contributed by atoms with E-state index in [4.69, 9.17) is 4.74 Å². The topological polar surface area (TPSA) is 21.3 Å². The first-order valence-electron chi connectivity index (χ1n) is 5.80. The molecule has 0 unspecified atom stereocenters. The fourth-order valence-electron chi connectivity index (χ4n) is 1.40. The van der Waals surface area contributed by atoms with E-state index in [2.05, 4.69) is 38.2 Å². The van der Waals surface area contributed by atoms with Crippen molar-refractivity contribution in [2.75, 3.05) is 19.7 Å². The Labute approximate surface area is 110 Å². The van der Waals surface area contributed by atoms with E-state index in [0.717, 1.165) is 18.8 Å². The molecule has 2 nitrogen and oxygen atoms in total. The molecule has 0 radical (unpaired) electrons. The average Bonchev–Trinajstić information content (AvgIpc) is 2.29. The maximum absolute atomic E-state index is 5.68. The maximum Gasteiger partial charge on any atom is 0.122 e. The molecule has 0 fully saturated rings. The minimum Gasteiger partial charge on any atom is -0.489 e. The molecule has 1 rings (SSSR count). The third-order valence-electron chi connectivity index (χ3n) is 2.57. The lowest BCUT2D eigenvalue weighted by Crippen LogP contribution is -2.11. The Hall–Kier alpha value is -0.990. The Morgan fingerprint density at radius 2 is 2.00 bits per heavy atom. The smallest absolute Gasteiger partial charge is 0.122 e. The molecule has 0 atom stereocenters. The Kier molecular flexibility index (Phi) is 8.55. The van der Waals surface area contributed by atoms with E-state index >= 15 is 0 Å². The molecule has 0 amide bonds. The molecule has 0 bridgehead atoms. The van der Waals surface area contributed by atoms with Crippen LogP contribution < -0.4 is 10.1 Å². The highest BCUT2D eigenvalue weighted by Crippen LogP contribution is 2.20. The van der Waals surface area contributed by atoms with Crippen molar-refractivity contribution in [1.29, 1.82) is 0 Å². The van der Waals surface area contributed by atoms with E-state index in [9.17, 15) is 0 Å². The molecule has 0 saturated carbocycles. The summed E-state index contributed by atoms with van der Waals surface area (Å²) in [5.41, 5.74) is 2.50. The van der Waals surface area contributed by atoms with Gasteiger partial charge in [-0.05, 0) is 37.6 Å². The number of hydrogen-bond acceptors (Lipinski definition) is 2. The molecule has 1 aromatic rings. The van der Waals surface area contributed by atoms with Crippen LogP contribution in [0.1, 0.15) is 18.1 Å². The molecule has 0 spiro atoms. The predicted molar refractivity (Wildman–Crippen MR) is 76.3 cm³/mol. The summed E-state index contributed by atoms with van der Waals surface area (Å²) in [6.45, 7) is 8.83. The summed E-state index contributed by atoms with van der Waals surface area (Å²) in [4.78, 5) is 0. The molecule has 96 valence electrons. The Balaban J connectivity index is 0.00000256. The molecular weight excluding hydrogens is 234 g/mol. The lowest BCUT2D eigenvalue weighted by Gasteiger charge is -2.08. The van der Waals surface area contributed by atoms with Crippen molar-refractivity contribution < 1.29 is 4.74 Å². The largest absolute Gasteiger partial charge is 0.489 e. The van der Waals surface area contributed by atoms with Gasteiger partial charge in [-0.2, -0.15) is 0 Å². The van der Waals surface area contributed by atoms with E-state index in [0.29, 0.717) is 6.61 Å². The van der Waals surface area contributed by atoms with Gasteiger partial charge in [-0.25, -0.2) is 0 Å². The van der Waals surface area contributed by atoms with Gasteiger partial charge in [-0.3, -0.25) is 0 Å². The fraction of sp³-hybridized carbons (Fsp3) is 0.429. The second kappa shape index (κ2) is 9.08. The predicted octanol–water partition coefficient (Wildman–Crippen LogP) is 3.27. The molecule has 17 heavy (non-hydrogen) atoms. The number of halogens is 1. The van der Waals surface area contributed by atoms with Gasteiger partial charge in [0.15, 0.2) is 0 Å². The Bertz CT molecular complexity index is 350. The number of benzene rings is 1. The van der Waals surface area contributed by atoms with Gasteiger partial charge in [-0.1, -0.05) is 31.2 Å². The van der Waals surface area contributed by atoms with Crippen LogP contribution in [0.3, 0.4) is 0 Å². The Morgan fingerprint density at radius 3 is 2.71 bits per heavy atom. The molecule has 0 aromatic heterocycles. The van der Waals surface area contributed by atoms with Gasteiger partial charge in [0.05, 0.1) is 0 Å². The van der Waals surface area contributed by atoms with Gasteiger partial charge in [0.2, 0.25) is 0 Å². The number of ether oxygens (including phenoxy) is 1. The van der Waals surface area contributed by atoms with E-state index in [1.807, 2.05) is 18.2 Å². The van der Waals surface area contributed by atoms with E-state index in [1.165, 1.54) is 11.1 Å². The van der Waals surface area contributed by atoms with Crippen LogP contribution in [0.4, 0.5) is 0 Å². The molecule has 0 aliphatic rings. The molecule has 0 aliphatic heterocycles. The van der Waals surface area contributed by atoms with Gasteiger partial charge >= 0.3 is 0 Å². The van der Waals surface area contributed by atoms with E-state index in [1.54, 1.807) is 0 Å². The van der Waals surface area contributed by atoms with Gasteiger partial charge in [0.25, 0.3) is 0 Å². The first kappa shape index (κ1) is 16.0. The van der Waals surface area contributed by atoms with Crippen molar-refractivity contribution in [3.05, 3.63) is 41.5 Å². The van der Waals surface area contributed by atoms with Crippen LogP contribution in [-0.4, -0.2) is 19.7 Å². The van der Waals surface area contributed by atoms with Crippen molar-refractivity contribution in [2.24, 2.45) is 0 Å². The standard InChI is InChI=1S/C14H21NO.ClH/c1-4-15-10-5-6-11-16-14-9-7-8-12(2)13(14)3;/h5-9,15H,4,10-11H2,1-3H3;1H. The highest BCUT2D eigenvalue weighted by molar-refractivity contribution is 5.85. The number of nitrogens with one attached hydrogen (secondary N) is 1. The van der Waals surface area contributed by atoms with Gasteiger partial charge < -0.3 is 10.1 Å². The summed E-state index contributed by atoms with van der Waals surface area (Å²) in [7, 11) is 0. The number of hydrogen-bond donors (Lipinski definition) is 1. The van der Waals surface area contributed by atoms with Crippen LogP contribution in [-0.2, 0) is 0 Å². The lowest BCUT2D eigenvalue weighted by molar-refractivity contribution is 0.359. The van der Waals surface area contributed by atoms with Crippen LogP contribution in [0.5, 0.6) is 5.75 Å². The van der Waals surface area contributed by atoms with Gasteiger partial charge in [0, 0.05) is 6.54 Å².